The van der Waals surface area contributed by atoms with Gasteiger partial charge in [-0.3, -0.25) is 9.59 Å². The number of carbonyl (C=O) groups excluding carboxylic acids is 2. The summed E-state index contributed by atoms with van der Waals surface area (Å²) < 4.78 is 24.3. The van der Waals surface area contributed by atoms with E-state index in [1.54, 1.807) is 11.0 Å². The zero-order valence-corrected chi connectivity index (χ0v) is 21.0. The molecule has 4 atom stereocenters. The molecule has 0 N–H and O–H groups in total. The van der Waals surface area contributed by atoms with Crippen LogP contribution in [0.4, 0.5) is 5.69 Å². The van der Waals surface area contributed by atoms with Gasteiger partial charge in [0.2, 0.25) is 0 Å². The lowest BCUT2D eigenvalue weighted by Crippen LogP contribution is -2.53. The average Bonchev–Trinajstić information content (AvgIpc) is 3.18. The Kier molecular flexibility index (Phi) is 7.62. The molecule has 2 heterocycles. The number of anilines is 1. The SMILES string of the molecule is C=CC[C@H](C[C@H]1[C@@H]2OC(C)(C)O[C@H]2c2cc(OCc3ccccc3)ccc2N1C(=O)C=C)OC(C)=O. The van der Waals surface area contributed by atoms with Crippen LogP contribution in [-0.4, -0.2) is 35.9 Å². The van der Waals surface area contributed by atoms with Gasteiger partial charge in [-0.1, -0.05) is 43.0 Å². The number of nitrogens with zero attached hydrogens (tertiary/aromatic N) is 1. The van der Waals surface area contributed by atoms with Crippen molar-refractivity contribution in [3.8, 4) is 5.75 Å². The predicted molar refractivity (Wildman–Crippen MR) is 136 cm³/mol. The zero-order chi connectivity index (χ0) is 25.9. The molecule has 7 nitrogen and oxygen atoms in total. The number of hydrogen-bond donors (Lipinski definition) is 0. The summed E-state index contributed by atoms with van der Waals surface area (Å²) in [7, 11) is 0. The van der Waals surface area contributed by atoms with Crippen molar-refractivity contribution in [2.75, 3.05) is 4.90 Å². The highest BCUT2D eigenvalue weighted by molar-refractivity contribution is 6.02. The van der Waals surface area contributed by atoms with E-state index in [0.717, 1.165) is 11.1 Å². The van der Waals surface area contributed by atoms with E-state index in [2.05, 4.69) is 13.2 Å². The molecule has 2 aliphatic rings. The summed E-state index contributed by atoms with van der Waals surface area (Å²) in [5.74, 6) is -0.862. The van der Waals surface area contributed by atoms with E-state index in [9.17, 15) is 9.59 Å². The third-order valence-corrected chi connectivity index (χ3v) is 6.33. The molecule has 0 bridgehead atoms. The molecule has 2 aromatic rings. The smallest absolute Gasteiger partial charge is 0.302 e. The molecule has 190 valence electrons. The molecule has 2 aliphatic heterocycles. The molecular weight excluding hydrogens is 458 g/mol. The molecule has 0 aliphatic carbocycles. The maximum atomic E-state index is 13.2. The lowest BCUT2D eigenvalue weighted by atomic mass is 9.86. The Morgan fingerprint density at radius 2 is 1.89 bits per heavy atom. The van der Waals surface area contributed by atoms with Crippen molar-refractivity contribution in [1.29, 1.82) is 0 Å². The minimum atomic E-state index is -0.867. The lowest BCUT2D eigenvalue weighted by molar-refractivity contribution is -0.152. The molecular formula is C29H33NO6. The first-order valence-corrected chi connectivity index (χ1v) is 12.1. The van der Waals surface area contributed by atoms with Crippen molar-refractivity contribution in [2.24, 2.45) is 0 Å². The van der Waals surface area contributed by atoms with E-state index in [0.29, 0.717) is 30.9 Å². The summed E-state index contributed by atoms with van der Waals surface area (Å²) >= 11 is 0. The molecule has 1 amide bonds. The molecule has 0 aromatic heterocycles. The lowest BCUT2D eigenvalue weighted by Gasteiger charge is -2.43. The van der Waals surface area contributed by atoms with Gasteiger partial charge in [0, 0.05) is 25.3 Å². The number of hydrogen-bond acceptors (Lipinski definition) is 6. The van der Waals surface area contributed by atoms with E-state index in [1.165, 1.54) is 13.0 Å². The van der Waals surface area contributed by atoms with E-state index >= 15 is 0 Å². The number of benzene rings is 2. The summed E-state index contributed by atoms with van der Waals surface area (Å²) in [5, 5.41) is 0. The van der Waals surface area contributed by atoms with E-state index in [4.69, 9.17) is 18.9 Å². The monoisotopic (exact) mass is 491 g/mol. The quantitative estimate of drug-likeness (QED) is 0.271. The number of esters is 1. The standard InChI is InChI=1S/C29H33NO6/c1-6-11-22(34-19(3)31)17-25-28-27(35-29(4,5)36-28)23-16-21(33-18-20-12-9-8-10-13-20)14-15-24(23)30(25)26(32)7-2/h6-10,12-16,22,25,27-28H,1-2,11,17-18H2,3-5H3/t22-,25+,27+,28+/m1/s1. The van der Waals surface area contributed by atoms with Crippen LogP contribution in [0.1, 0.15) is 50.8 Å². The number of carbonyl (C=O) groups is 2. The first-order valence-electron chi connectivity index (χ1n) is 12.1. The molecule has 7 heteroatoms. The predicted octanol–water partition coefficient (Wildman–Crippen LogP) is 5.26. The third kappa shape index (κ3) is 5.53. The second-order valence-electron chi connectivity index (χ2n) is 9.49. The molecule has 1 fully saturated rings. The van der Waals surface area contributed by atoms with Gasteiger partial charge < -0.3 is 23.8 Å². The largest absolute Gasteiger partial charge is 0.489 e. The number of fused-ring (bicyclic) bond motifs is 3. The molecule has 0 saturated carbocycles. The van der Waals surface area contributed by atoms with Crippen molar-refractivity contribution in [2.45, 2.75) is 70.4 Å². The molecule has 0 unspecified atom stereocenters. The molecule has 4 rings (SSSR count). The summed E-state index contributed by atoms with van der Waals surface area (Å²) in [5.41, 5.74) is 2.55. The Hall–Kier alpha value is -3.42. The second kappa shape index (κ2) is 10.7. The highest BCUT2D eigenvalue weighted by Gasteiger charge is 2.53. The number of ether oxygens (including phenoxy) is 4. The fourth-order valence-electron chi connectivity index (χ4n) is 4.95. The minimum Gasteiger partial charge on any atom is -0.489 e. The normalized spacial score (nSPS) is 22.6. The topological polar surface area (TPSA) is 74.3 Å². The highest BCUT2D eigenvalue weighted by atomic mass is 16.8. The van der Waals surface area contributed by atoms with Crippen LogP contribution in [0.25, 0.3) is 0 Å². The number of amides is 1. The van der Waals surface area contributed by atoms with Crippen molar-refractivity contribution >= 4 is 17.6 Å². The minimum absolute atomic E-state index is 0.272. The van der Waals surface area contributed by atoms with Crippen LogP contribution in [0.2, 0.25) is 0 Å². The number of rotatable bonds is 9. The van der Waals surface area contributed by atoms with Crippen LogP contribution in [0.15, 0.2) is 73.8 Å². The van der Waals surface area contributed by atoms with Crippen LogP contribution < -0.4 is 9.64 Å². The van der Waals surface area contributed by atoms with Crippen molar-refractivity contribution in [3.63, 3.8) is 0 Å². The Labute approximate surface area is 212 Å². The van der Waals surface area contributed by atoms with Crippen molar-refractivity contribution < 1.29 is 28.5 Å². The first-order chi connectivity index (χ1) is 17.2. The second-order valence-corrected chi connectivity index (χ2v) is 9.49. The van der Waals surface area contributed by atoms with Crippen LogP contribution in [0.5, 0.6) is 5.75 Å². The fraction of sp³-hybridized carbons (Fsp3) is 0.379. The maximum absolute atomic E-state index is 13.2. The summed E-state index contributed by atoms with van der Waals surface area (Å²) in [6, 6.07) is 15.1. The highest BCUT2D eigenvalue weighted by Crippen LogP contribution is 2.50. The zero-order valence-electron chi connectivity index (χ0n) is 21.0. The Balaban J connectivity index is 1.71. The van der Waals surface area contributed by atoms with Crippen molar-refractivity contribution in [3.05, 3.63) is 85.0 Å². The summed E-state index contributed by atoms with van der Waals surface area (Å²) in [4.78, 5) is 26.6. The van der Waals surface area contributed by atoms with Gasteiger partial charge in [-0.25, -0.2) is 0 Å². The van der Waals surface area contributed by atoms with Gasteiger partial charge >= 0.3 is 5.97 Å². The molecule has 36 heavy (non-hydrogen) atoms. The van der Waals surface area contributed by atoms with Crippen LogP contribution in [0.3, 0.4) is 0 Å². The molecule has 0 radical (unpaired) electrons. The van der Waals surface area contributed by atoms with Crippen LogP contribution in [0, 0.1) is 0 Å². The van der Waals surface area contributed by atoms with Gasteiger partial charge in [0.25, 0.3) is 5.91 Å². The third-order valence-electron chi connectivity index (χ3n) is 6.33. The van der Waals surface area contributed by atoms with E-state index < -0.39 is 30.1 Å². The van der Waals surface area contributed by atoms with Gasteiger partial charge in [-0.05, 0) is 43.7 Å². The first kappa shape index (κ1) is 25.7. The van der Waals surface area contributed by atoms with Gasteiger partial charge in [-0.2, -0.15) is 0 Å². The Bertz CT molecular complexity index is 1130. The summed E-state index contributed by atoms with van der Waals surface area (Å²) in [6.07, 6.45) is 2.41. The van der Waals surface area contributed by atoms with Crippen LogP contribution in [-0.2, 0) is 30.4 Å². The van der Waals surface area contributed by atoms with E-state index in [-0.39, 0.29) is 11.9 Å². The van der Waals surface area contributed by atoms with E-state index in [1.807, 2.05) is 62.4 Å². The average molecular weight is 492 g/mol. The van der Waals surface area contributed by atoms with Gasteiger partial charge in [-0.15, -0.1) is 6.58 Å². The fourth-order valence-corrected chi connectivity index (χ4v) is 4.95. The Morgan fingerprint density at radius 1 is 1.14 bits per heavy atom. The molecule has 1 saturated heterocycles. The van der Waals surface area contributed by atoms with Gasteiger partial charge in [0.05, 0.1) is 11.7 Å². The Morgan fingerprint density at radius 3 is 2.56 bits per heavy atom. The maximum Gasteiger partial charge on any atom is 0.302 e. The van der Waals surface area contributed by atoms with Gasteiger partial charge in [0.15, 0.2) is 5.79 Å². The summed E-state index contributed by atoms with van der Waals surface area (Å²) in [6.45, 7) is 13.0. The van der Waals surface area contributed by atoms with Crippen molar-refractivity contribution in [1.82, 2.24) is 0 Å². The van der Waals surface area contributed by atoms with Crippen LogP contribution >= 0.6 is 0 Å². The molecule has 0 spiro atoms. The van der Waals surface area contributed by atoms with Gasteiger partial charge in [0.1, 0.15) is 30.7 Å². The molecule has 2 aromatic carbocycles.